The summed E-state index contributed by atoms with van der Waals surface area (Å²) in [5, 5.41) is 0. The lowest BCUT2D eigenvalue weighted by molar-refractivity contribution is -0.121. The van der Waals surface area contributed by atoms with Crippen LogP contribution in [0.15, 0.2) is 54.6 Å². The van der Waals surface area contributed by atoms with Crippen LogP contribution in [0.5, 0.6) is 5.75 Å². The number of rotatable bonds is 7. The second kappa shape index (κ2) is 14.1. The fourth-order valence-electron chi connectivity index (χ4n) is 4.37. The Kier molecular flexibility index (Phi) is 10.8. The topological polar surface area (TPSA) is 142 Å². The number of nitrogens with zero attached hydrogens (tertiary/aromatic N) is 1. The van der Waals surface area contributed by atoms with Gasteiger partial charge in [-0.3, -0.25) is 15.1 Å². The van der Waals surface area contributed by atoms with Gasteiger partial charge in [0.15, 0.2) is 12.2 Å². The van der Waals surface area contributed by atoms with Crippen molar-refractivity contribution < 1.29 is 42.9 Å². The van der Waals surface area contributed by atoms with Gasteiger partial charge in [0.25, 0.3) is 0 Å². The summed E-state index contributed by atoms with van der Waals surface area (Å²) in [6.07, 6.45) is -4.67. The van der Waals surface area contributed by atoms with Crippen LogP contribution in [0.2, 0.25) is 0 Å². The van der Waals surface area contributed by atoms with E-state index in [1.54, 1.807) is 85.1 Å². The first kappa shape index (κ1) is 33.0. The molecule has 1 aliphatic heterocycles. The zero-order valence-electron chi connectivity index (χ0n) is 25.7. The third-order valence-electron chi connectivity index (χ3n) is 6.15. The van der Waals surface area contributed by atoms with Crippen LogP contribution in [0.1, 0.15) is 52.7 Å². The molecule has 3 rings (SSSR count). The standard InChI is InChI=1S/C31H41N3O9/c1-30(2,3)42-28(37)34-19-24(40-29(38)43-31(4,5)6)26(23(34)17-21-13-15-22(39-7)16-14-21)41-27(36)33-32-25(35)18-20-11-9-8-10-12-20/h8-16,23-24,26H,17-19H2,1-7H3,(H,32,35)(H,33,36)/t23-,24+,26+/m1/s1. The Hall–Kier alpha value is -4.48. The maximum absolute atomic E-state index is 13.3. The highest BCUT2D eigenvalue weighted by Crippen LogP contribution is 2.30. The molecule has 2 N–H and O–H groups in total. The van der Waals surface area contributed by atoms with Crippen molar-refractivity contribution in [2.75, 3.05) is 13.7 Å². The molecule has 0 aliphatic carbocycles. The first-order valence-corrected chi connectivity index (χ1v) is 13.9. The fraction of sp³-hybridized carbons (Fsp3) is 0.484. The lowest BCUT2D eigenvalue weighted by Gasteiger charge is -2.30. The van der Waals surface area contributed by atoms with Gasteiger partial charge in [0, 0.05) is 0 Å². The molecule has 0 unspecified atom stereocenters. The highest BCUT2D eigenvalue weighted by Gasteiger charge is 2.50. The van der Waals surface area contributed by atoms with Crippen LogP contribution in [0.3, 0.4) is 0 Å². The number of nitrogens with one attached hydrogen (secondary N) is 2. The quantitative estimate of drug-likeness (QED) is 0.266. The van der Waals surface area contributed by atoms with Gasteiger partial charge in [-0.05, 0) is 71.2 Å². The van der Waals surface area contributed by atoms with Crippen molar-refractivity contribution in [1.29, 1.82) is 0 Å². The number of amides is 3. The second-order valence-electron chi connectivity index (χ2n) is 12.1. The van der Waals surface area contributed by atoms with E-state index in [4.69, 9.17) is 23.7 Å². The summed E-state index contributed by atoms with van der Waals surface area (Å²) >= 11 is 0. The van der Waals surface area contributed by atoms with Crippen LogP contribution in [0.4, 0.5) is 14.4 Å². The summed E-state index contributed by atoms with van der Waals surface area (Å²) in [5.41, 5.74) is 4.44. The number of hydrogen-bond donors (Lipinski definition) is 2. The van der Waals surface area contributed by atoms with Crippen LogP contribution in [-0.2, 0) is 36.6 Å². The molecular formula is C31H41N3O9. The van der Waals surface area contributed by atoms with Crippen molar-refractivity contribution in [3.05, 3.63) is 65.7 Å². The molecule has 2 aromatic rings. The van der Waals surface area contributed by atoms with E-state index in [1.165, 1.54) is 4.90 Å². The number of carbonyl (C=O) groups excluding carboxylic acids is 4. The second-order valence-corrected chi connectivity index (χ2v) is 12.1. The van der Waals surface area contributed by atoms with Crippen molar-refractivity contribution >= 4 is 24.2 Å². The number of benzene rings is 2. The minimum absolute atomic E-state index is 0.0292. The monoisotopic (exact) mass is 599 g/mol. The summed E-state index contributed by atoms with van der Waals surface area (Å²) in [6.45, 7) is 10.1. The van der Waals surface area contributed by atoms with E-state index in [2.05, 4.69) is 10.9 Å². The first-order chi connectivity index (χ1) is 20.1. The Morgan fingerprint density at radius 3 is 2.02 bits per heavy atom. The Morgan fingerprint density at radius 2 is 1.44 bits per heavy atom. The van der Waals surface area contributed by atoms with Crippen molar-refractivity contribution in [3.8, 4) is 5.75 Å². The molecule has 1 heterocycles. The van der Waals surface area contributed by atoms with Gasteiger partial charge < -0.3 is 23.7 Å². The summed E-state index contributed by atoms with van der Waals surface area (Å²) in [5.74, 6) is 0.171. The normalized spacial score (nSPS) is 18.3. The van der Waals surface area contributed by atoms with Crippen LogP contribution >= 0.6 is 0 Å². The number of hydrogen-bond acceptors (Lipinski definition) is 9. The maximum Gasteiger partial charge on any atom is 0.509 e. The lowest BCUT2D eigenvalue weighted by Crippen LogP contribution is -2.49. The molecule has 0 bridgehead atoms. The van der Waals surface area contributed by atoms with Gasteiger partial charge in [0.2, 0.25) is 5.91 Å². The van der Waals surface area contributed by atoms with E-state index < -0.39 is 53.7 Å². The maximum atomic E-state index is 13.3. The molecule has 12 heteroatoms. The minimum Gasteiger partial charge on any atom is -0.497 e. The molecule has 43 heavy (non-hydrogen) atoms. The lowest BCUT2D eigenvalue weighted by atomic mass is 10.0. The van der Waals surface area contributed by atoms with Crippen LogP contribution < -0.4 is 15.6 Å². The highest BCUT2D eigenvalue weighted by molar-refractivity contribution is 5.81. The summed E-state index contributed by atoms with van der Waals surface area (Å²) in [4.78, 5) is 52.7. The van der Waals surface area contributed by atoms with E-state index >= 15 is 0 Å². The molecule has 2 aromatic carbocycles. The predicted octanol–water partition coefficient (Wildman–Crippen LogP) is 4.55. The average molecular weight is 600 g/mol. The first-order valence-electron chi connectivity index (χ1n) is 13.9. The van der Waals surface area contributed by atoms with Crippen molar-refractivity contribution in [3.63, 3.8) is 0 Å². The van der Waals surface area contributed by atoms with Gasteiger partial charge in [-0.1, -0.05) is 42.5 Å². The molecule has 1 aliphatic rings. The van der Waals surface area contributed by atoms with E-state index in [0.29, 0.717) is 5.75 Å². The fourth-order valence-corrected chi connectivity index (χ4v) is 4.37. The number of ether oxygens (including phenoxy) is 5. The van der Waals surface area contributed by atoms with E-state index in [9.17, 15) is 19.2 Å². The minimum atomic E-state index is -1.15. The van der Waals surface area contributed by atoms with Crippen molar-refractivity contribution in [2.24, 2.45) is 0 Å². The predicted molar refractivity (Wildman–Crippen MR) is 156 cm³/mol. The largest absolute Gasteiger partial charge is 0.509 e. The van der Waals surface area contributed by atoms with E-state index in [0.717, 1.165) is 11.1 Å². The van der Waals surface area contributed by atoms with Gasteiger partial charge >= 0.3 is 18.3 Å². The van der Waals surface area contributed by atoms with Crippen LogP contribution in [0, 0.1) is 0 Å². The highest BCUT2D eigenvalue weighted by atomic mass is 16.7. The summed E-state index contributed by atoms with van der Waals surface area (Å²) in [7, 11) is 1.55. The molecule has 0 spiro atoms. The van der Waals surface area contributed by atoms with E-state index in [-0.39, 0.29) is 19.4 Å². The molecule has 234 valence electrons. The zero-order valence-corrected chi connectivity index (χ0v) is 25.7. The number of hydrazine groups is 1. The molecule has 3 atom stereocenters. The molecular weight excluding hydrogens is 558 g/mol. The molecule has 3 amide bonds. The molecule has 1 saturated heterocycles. The molecule has 12 nitrogen and oxygen atoms in total. The summed E-state index contributed by atoms with van der Waals surface area (Å²) < 4.78 is 27.5. The smallest absolute Gasteiger partial charge is 0.497 e. The average Bonchev–Trinajstić information content (AvgIpc) is 3.22. The van der Waals surface area contributed by atoms with Gasteiger partial charge in [0.05, 0.1) is 26.1 Å². The Morgan fingerprint density at radius 1 is 0.814 bits per heavy atom. The molecule has 1 fully saturated rings. The number of likely N-dealkylation sites (tertiary alicyclic amines) is 1. The Bertz CT molecular complexity index is 1250. The Balaban J connectivity index is 1.84. The van der Waals surface area contributed by atoms with Gasteiger partial charge in [-0.25, -0.2) is 19.8 Å². The van der Waals surface area contributed by atoms with Gasteiger partial charge in [0.1, 0.15) is 17.0 Å². The molecule has 0 aromatic heterocycles. The van der Waals surface area contributed by atoms with Gasteiger partial charge in [-0.15, -0.1) is 0 Å². The third kappa shape index (κ3) is 10.7. The van der Waals surface area contributed by atoms with E-state index in [1.807, 2.05) is 18.2 Å². The summed E-state index contributed by atoms with van der Waals surface area (Å²) in [6, 6.07) is 15.4. The van der Waals surface area contributed by atoms with Crippen LogP contribution in [-0.4, -0.2) is 72.3 Å². The molecule has 0 radical (unpaired) electrons. The van der Waals surface area contributed by atoms with Gasteiger partial charge in [-0.2, -0.15) is 0 Å². The Labute approximate surface area is 251 Å². The number of carbonyl (C=O) groups is 4. The number of methoxy groups -OCH3 is 1. The van der Waals surface area contributed by atoms with Crippen LogP contribution in [0.25, 0.3) is 0 Å². The third-order valence-corrected chi connectivity index (χ3v) is 6.15. The van der Waals surface area contributed by atoms with Crippen molar-refractivity contribution in [2.45, 2.75) is 83.8 Å². The zero-order chi connectivity index (χ0) is 31.8. The molecule has 0 saturated carbocycles. The van der Waals surface area contributed by atoms with Crippen molar-refractivity contribution in [1.82, 2.24) is 15.8 Å². The SMILES string of the molecule is COc1ccc(C[C@@H]2[C@H](OC(=O)NNC(=O)Cc3ccccc3)[C@@H](OC(=O)OC(C)(C)C)CN2C(=O)OC(C)(C)C)cc1.